The maximum atomic E-state index is 14.0. The third kappa shape index (κ3) is 4.04. The Labute approximate surface area is 206 Å². The second-order valence-corrected chi connectivity index (χ2v) is 8.47. The number of carbonyl (C=O) groups is 1. The number of hydrogen-bond acceptors (Lipinski definition) is 6. The third-order valence-corrected chi connectivity index (χ3v) is 6.33. The second-order valence-electron chi connectivity index (χ2n) is 8.47. The van der Waals surface area contributed by atoms with Gasteiger partial charge in [0.25, 0.3) is 5.91 Å². The van der Waals surface area contributed by atoms with Crippen LogP contribution in [0.3, 0.4) is 0 Å². The minimum atomic E-state index is -0.797. The lowest BCUT2D eigenvalue weighted by molar-refractivity contribution is 0.0730. The molecule has 184 valence electrons. The highest BCUT2D eigenvalue weighted by atomic mass is 19.1. The monoisotopic (exact) mass is 489 g/mol. The molecule has 0 spiro atoms. The van der Waals surface area contributed by atoms with Crippen LogP contribution in [0.15, 0.2) is 69.9 Å². The first-order chi connectivity index (χ1) is 17.4. The smallest absolute Gasteiger partial charge is 0.290 e. The fourth-order valence-corrected chi connectivity index (χ4v) is 4.58. The molecule has 5 rings (SSSR count). The molecular weight excluding hydrogens is 465 g/mol. The Balaban J connectivity index is 1.62. The predicted octanol–water partition coefficient (Wildman–Crippen LogP) is 4.83. The summed E-state index contributed by atoms with van der Waals surface area (Å²) in [5, 5.41) is 10.3. The molecule has 36 heavy (non-hydrogen) atoms. The van der Waals surface area contributed by atoms with Gasteiger partial charge >= 0.3 is 0 Å². The molecule has 1 N–H and O–H groups in total. The summed E-state index contributed by atoms with van der Waals surface area (Å²) in [7, 11) is 1.59. The summed E-state index contributed by atoms with van der Waals surface area (Å²) in [6.07, 6.45) is 0.513. The van der Waals surface area contributed by atoms with Crippen LogP contribution in [0.1, 0.15) is 40.2 Å². The quantitative estimate of drug-likeness (QED) is 0.400. The van der Waals surface area contributed by atoms with Crippen molar-refractivity contribution in [3.8, 4) is 17.2 Å². The molecule has 0 aliphatic carbocycles. The minimum absolute atomic E-state index is 0.0532. The summed E-state index contributed by atoms with van der Waals surface area (Å²) in [4.78, 5) is 28.7. The number of phenols is 1. The number of fused-ring (bicyclic) bond motifs is 2. The molecule has 3 aromatic carbocycles. The molecule has 2 heterocycles. The van der Waals surface area contributed by atoms with Crippen LogP contribution in [0.2, 0.25) is 0 Å². The highest BCUT2D eigenvalue weighted by molar-refractivity contribution is 5.99. The van der Waals surface area contributed by atoms with Crippen molar-refractivity contribution in [2.45, 2.75) is 19.4 Å². The number of amides is 1. The lowest BCUT2D eigenvalue weighted by Crippen LogP contribution is -2.31. The average molecular weight is 489 g/mol. The number of halogens is 1. The first kappa shape index (κ1) is 23.4. The Morgan fingerprint density at radius 2 is 1.83 bits per heavy atom. The summed E-state index contributed by atoms with van der Waals surface area (Å²) in [5.74, 6) is -0.162. The maximum Gasteiger partial charge on any atom is 0.290 e. The molecule has 1 aliphatic rings. The molecule has 0 saturated heterocycles. The number of methoxy groups -OCH3 is 1. The largest absolute Gasteiger partial charge is 0.504 e. The van der Waals surface area contributed by atoms with Gasteiger partial charge < -0.3 is 23.9 Å². The van der Waals surface area contributed by atoms with E-state index in [0.717, 1.165) is 17.4 Å². The molecular formula is C28H24FNO6. The van der Waals surface area contributed by atoms with Crippen molar-refractivity contribution in [3.63, 3.8) is 0 Å². The Kier molecular flexibility index (Phi) is 6.10. The summed E-state index contributed by atoms with van der Waals surface area (Å²) in [5.41, 5.74) is 1.36. The average Bonchev–Trinajstić information content (AvgIpc) is 3.16. The number of rotatable bonds is 7. The molecule has 8 heteroatoms. The molecule has 1 amide bonds. The van der Waals surface area contributed by atoms with Gasteiger partial charge in [-0.2, -0.15) is 0 Å². The van der Waals surface area contributed by atoms with Crippen molar-refractivity contribution in [1.82, 2.24) is 4.90 Å². The van der Waals surface area contributed by atoms with Crippen molar-refractivity contribution in [3.05, 3.63) is 99.2 Å². The highest BCUT2D eigenvalue weighted by Crippen LogP contribution is 2.41. The van der Waals surface area contributed by atoms with E-state index < -0.39 is 23.2 Å². The molecule has 1 atom stereocenters. The van der Waals surface area contributed by atoms with Crippen LogP contribution in [0.5, 0.6) is 17.2 Å². The summed E-state index contributed by atoms with van der Waals surface area (Å²) < 4.78 is 30.6. The zero-order valence-corrected chi connectivity index (χ0v) is 19.8. The van der Waals surface area contributed by atoms with Crippen LogP contribution in [0, 0.1) is 5.82 Å². The van der Waals surface area contributed by atoms with E-state index in [1.165, 1.54) is 18.2 Å². The Bertz CT molecular complexity index is 1510. The first-order valence-electron chi connectivity index (χ1n) is 11.6. The van der Waals surface area contributed by atoms with Gasteiger partial charge in [-0.25, -0.2) is 4.39 Å². The van der Waals surface area contributed by atoms with Gasteiger partial charge in [-0.3, -0.25) is 9.59 Å². The standard InChI is InChI=1S/C28H24FNO6/c1-3-35-23-14-17(6-10-21(23)31)25-24-26(32)20-15-18(29)7-11-22(20)36-27(24)28(33)30(25)13-12-16-4-8-19(34-2)9-5-16/h4-11,14-15,25,31H,3,12-13H2,1-2H3. The maximum absolute atomic E-state index is 14.0. The molecule has 0 saturated carbocycles. The van der Waals surface area contributed by atoms with Crippen molar-refractivity contribution in [2.75, 3.05) is 20.3 Å². The first-order valence-corrected chi connectivity index (χ1v) is 11.6. The normalized spacial score (nSPS) is 14.8. The lowest BCUT2D eigenvalue weighted by Gasteiger charge is -2.25. The number of benzene rings is 3. The number of phenolic OH excluding ortho intramolecular Hbond substituents is 1. The van der Waals surface area contributed by atoms with Gasteiger partial charge in [0.15, 0.2) is 16.9 Å². The van der Waals surface area contributed by atoms with Crippen molar-refractivity contribution in [1.29, 1.82) is 0 Å². The van der Waals surface area contributed by atoms with Crippen molar-refractivity contribution >= 4 is 16.9 Å². The number of ether oxygens (including phenoxy) is 2. The Morgan fingerprint density at radius 1 is 1.06 bits per heavy atom. The summed E-state index contributed by atoms with van der Waals surface area (Å²) in [6.45, 7) is 2.40. The molecule has 0 fully saturated rings. The molecule has 1 unspecified atom stereocenters. The molecule has 0 radical (unpaired) electrons. The number of nitrogens with zero attached hydrogens (tertiary/aromatic N) is 1. The Hall–Kier alpha value is -4.33. The molecule has 0 bridgehead atoms. The van der Waals surface area contributed by atoms with Crippen molar-refractivity contribution in [2.24, 2.45) is 0 Å². The van der Waals surface area contributed by atoms with E-state index in [0.29, 0.717) is 18.6 Å². The summed E-state index contributed by atoms with van der Waals surface area (Å²) >= 11 is 0. The molecule has 1 aromatic heterocycles. The van der Waals surface area contributed by atoms with E-state index in [9.17, 15) is 19.1 Å². The molecule has 1 aliphatic heterocycles. The lowest BCUT2D eigenvalue weighted by atomic mass is 9.97. The van der Waals surface area contributed by atoms with E-state index in [-0.39, 0.29) is 40.3 Å². The van der Waals surface area contributed by atoms with Gasteiger partial charge in [-0.15, -0.1) is 0 Å². The van der Waals surface area contributed by atoms with Gasteiger partial charge in [0.1, 0.15) is 17.1 Å². The summed E-state index contributed by atoms with van der Waals surface area (Å²) in [6, 6.07) is 15.1. The van der Waals surface area contributed by atoms with Crippen molar-refractivity contribution < 1.29 is 28.2 Å². The van der Waals surface area contributed by atoms with E-state index in [4.69, 9.17) is 13.9 Å². The predicted molar refractivity (Wildman–Crippen MR) is 131 cm³/mol. The fraction of sp³-hybridized carbons (Fsp3) is 0.214. The topological polar surface area (TPSA) is 89.2 Å². The van der Waals surface area contributed by atoms with Gasteiger partial charge in [0, 0.05) is 6.54 Å². The number of carbonyl (C=O) groups excluding carboxylic acids is 1. The zero-order valence-electron chi connectivity index (χ0n) is 19.8. The van der Waals surface area contributed by atoms with Gasteiger partial charge in [0.2, 0.25) is 5.76 Å². The van der Waals surface area contributed by atoms with E-state index in [1.54, 1.807) is 31.1 Å². The van der Waals surface area contributed by atoms with Crippen LogP contribution >= 0.6 is 0 Å². The van der Waals surface area contributed by atoms with Crippen LogP contribution in [0.4, 0.5) is 4.39 Å². The highest BCUT2D eigenvalue weighted by Gasteiger charge is 2.42. The van der Waals surface area contributed by atoms with Crippen LogP contribution < -0.4 is 14.9 Å². The van der Waals surface area contributed by atoms with Crippen LogP contribution in [-0.2, 0) is 6.42 Å². The van der Waals surface area contributed by atoms with Gasteiger partial charge in [-0.1, -0.05) is 18.2 Å². The van der Waals surface area contributed by atoms with Gasteiger partial charge in [0.05, 0.1) is 30.7 Å². The SMILES string of the molecule is CCOc1cc(C2c3c(oc4ccc(F)cc4c3=O)C(=O)N2CCc2ccc(OC)cc2)ccc1O. The van der Waals surface area contributed by atoms with E-state index >= 15 is 0 Å². The van der Waals surface area contributed by atoms with Crippen LogP contribution in [0.25, 0.3) is 11.0 Å². The van der Waals surface area contributed by atoms with Crippen LogP contribution in [-0.4, -0.2) is 36.2 Å². The molecule has 4 aromatic rings. The third-order valence-electron chi connectivity index (χ3n) is 6.33. The fourth-order valence-electron chi connectivity index (χ4n) is 4.58. The van der Waals surface area contributed by atoms with Gasteiger partial charge in [-0.05, 0) is 66.9 Å². The second kappa shape index (κ2) is 9.37. The zero-order chi connectivity index (χ0) is 25.4. The minimum Gasteiger partial charge on any atom is -0.504 e. The number of hydrogen-bond donors (Lipinski definition) is 1. The Morgan fingerprint density at radius 3 is 2.56 bits per heavy atom. The number of aromatic hydroxyl groups is 1. The van der Waals surface area contributed by atoms with E-state index in [1.807, 2.05) is 24.3 Å². The molecule has 7 nitrogen and oxygen atoms in total. The van der Waals surface area contributed by atoms with E-state index in [2.05, 4.69) is 0 Å².